The fourth-order valence-electron chi connectivity index (χ4n) is 3.74. The third-order valence-corrected chi connectivity index (χ3v) is 6.44. The van der Waals surface area contributed by atoms with Crippen molar-refractivity contribution in [1.29, 1.82) is 0 Å². The summed E-state index contributed by atoms with van der Waals surface area (Å²) < 4.78 is 14.8. The van der Waals surface area contributed by atoms with Crippen molar-refractivity contribution in [2.75, 3.05) is 7.05 Å². The predicted molar refractivity (Wildman–Crippen MR) is 108 cm³/mol. The first kappa shape index (κ1) is 18.8. The predicted octanol–water partition coefficient (Wildman–Crippen LogP) is 3.52. The summed E-state index contributed by atoms with van der Waals surface area (Å²) in [6.45, 7) is 0.625. The van der Waals surface area contributed by atoms with Gasteiger partial charge in [0.1, 0.15) is 10.6 Å². The molecule has 0 saturated heterocycles. The molecule has 0 saturated carbocycles. The summed E-state index contributed by atoms with van der Waals surface area (Å²) >= 11 is 1.62. The first-order valence-electron chi connectivity index (χ1n) is 9.51. The van der Waals surface area contributed by atoms with Gasteiger partial charge in [-0.25, -0.2) is 9.37 Å². The van der Waals surface area contributed by atoms with E-state index in [1.54, 1.807) is 41.7 Å². The Morgan fingerprint density at radius 3 is 2.96 bits per heavy atom. The van der Waals surface area contributed by atoms with E-state index >= 15 is 0 Å². The van der Waals surface area contributed by atoms with E-state index in [2.05, 4.69) is 4.98 Å². The van der Waals surface area contributed by atoms with Crippen LogP contribution < -0.4 is 5.56 Å². The number of nitrogens with zero attached hydrogens (tertiary/aromatic N) is 3. The Labute approximate surface area is 166 Å². The summed E-state index contributed by atoms with van der Waals surface area (Å²) in [6, 6.07) is 6.22. The molecule has 1 aliphatic rings. The average Bonchev–Trinajstić information content (AvgIpc) is 3.06. The zero-order valence-electron chi connectivity index (χ0n) is 15.8. The molecule has 1 amide bonds. The van der Waals surface area contributed by atoms with Crippen LogP contribution in [0, 0.1) is 5.82 Å². The van der Waals surface area contributed by atoms with Gasteiger partial charge in [-0.3, -0.25) is 14.2 Å². The maximum Gasteiger partial charge on any atom is 0.262 e. The Morgan fingerprint density at radius 2 is 2.14 bits per heavy atom. The molecular weight excluding hydrogens is 377 g/mol. The third kappa shape index (κ3) is 3.71. The van der Waals surface area contributed by atoms with E-state index in [1.807, 2.05) is 0 Å². The second kappa shape index (κ2) is 7.83. The van der Waals surface area contributed by atoms with Crippen molar-refractivity contribution in [3.05, 3.63) is 62.8 Å². The number of carbonyl (C=O) groups excluding carboxylic acids is 1. The Hall–Kier alpha value is -2.54. The van der Waals surface area contributed by atoms with Crippen molar-refractivity contribution in [2.24, 2.45) is 0 Å². The molecular formula is C21H22FN3O2S. The van der Waals surface area contributed by atoms with Crippen LogP contribution in [0.4, 0.5) is 4.39 Å². The Bertz CT molecular complexity index is 1090. The molecule has 0 atom stereocenters. The molecule has 1 aromatic carbocycles. The number of rotatable bonds is 5. The van der Waals surface area contributed by atoms with E-state index in [1.165, 1.54) is 28.0 Å². The highest BCUT2D eigenvalue weighted by molar-refractivity contribution is 7.18. The monoisotopic (exact) mass is 399 g/mol. The van der Waals surface area contributed by atoms with Crippen LogP contribution >= 0.6 is 11.3 Å². The van der Waals surface area contributed by atoms with Crippen molar-refractivity contribution in [1.82, 2.24) is 14.5 Å². The first-order chi connectivity index (χ1) is 13.5. The zero-order valence-corrected chi connectivity index (χ0v) is 16.6. The van der Waals surface area contributed by atoms with Crippen LogP contribution in [-0.4, -0.2) is 27.4 Å². The van der Waals surface area contributed by atoms with Crippen molar-refractivity contribution in [3.63, 3.8) is 0 Å². The second-order valence-corrected chi connectivity index (χ2v) is 8.35. The summed E-state index contributed by atoms with van der Waals surface area (Å²) in [5, 5.41) is 0.739. The summed E-state index contributed by atoms with van der Waals surface area (Å²) in [6.07, 6.45) is 5.99. The zero-order chi connectivity index (χ0) is 19.7. The fraction of sp³-hybridized carbons (Fsp3) is 0.381. The molecule has 5 nitrogen and oxygen atoms in total. The number of hydrogen-bond donors (Lipinski definition) is 0. The number of amides is 1. The number of thiophene rings is 1. The molecule has 0 spiro atoms. The number of hydrogen-bond acceptors (Lipinski definition) is 4. The van der Waals surface area contributed by atoms with Gasteiger partial charge in [0.05, 0.1) is 11.7 Å². The van der Waals surface area contributed by atoms with E-state index in [9.17, 15) is 14.0 Å². The first-order valence-corrected chi connectivity index (χ1v) is 10.3. The van der Waals surface area contributed by atoms with Crippen LogP contribution in [0.2, 0.25) is 0 Å². The Morgan fingerprint density at radius 1 is 1.32 bits per heavy atom. The molecule has 0 N–H and O–H groups in total. The van der Waals surface area contributed by atoms with Crippen molar-refractivity contribution < 1.29 is 9.18 Å². The lowest BCUT2D eigenvalue weighted by Gasteiger charge is -2.17. The topological polar surface area (TPSA) is 55.2 Å². The van der Waals surface area contributed by atoms with E-state index in [0.717, 1.165) is 40.6 Å². The van der Waals surface area contributed by atoms with Gasteiger partial charge < -0.3 is 4.90 Å². The number of fused-ring (bicyclic) bond motifs is 3. The van der Waals surface area contributed by atoms with Gasteiger partial charge in [-0.2, -0.15) is 0 Å². The SMILES string of the molecule is CN(Cc1cccc(F)c1)C(=O)CCn1cnc2sc3c(c2c1=O)CCCC3. The molecule has 2 aromatic heterocycles. The molecule has 0 bridgehead atoms. The summed E-state index contributed by atoms with van der Waals surface area (Å²) in [7, 11) is 1.69. The van der Waals surface area contributed by atoms with E-state index in [-0.39, 0.29) is 23.7 Å². The van der Waals surface area contributed by atoms with Gasteiger partial charge in [0, 0.05) is 31.4 Å². The molecule has 28 heavy (non-hydrogen) atoms. The lowest BCUT2D eigenvalue weighted by molar-refractivity contribution is -0.130. The smallest absolute Gasteiger partial charge is 0.262 e. The van der Waals surface area contributed by atoms with Crippen LogP contribution in [-0.2, 0) is 30.7 Å². The van der Waals surface area contributed by atoms with Crippen LogP contribution in [0.3, 0.4) is 0 Å². The third-order valence-electron chi connectivity index (χ3n) is 5.24. The minimum Gasteiger partial charge on any atom is -0.341 e. The number of aromatic nitrogens is 2. The molecule has 0 radical (unpaired) electrons. The Balaban J connectivity index is 1.47. The Kier molecular flexibility index (Phi) is 5.26. The summed E-state index contributed by atoms with van der Waals surface area (Å²) in [5.74, 6) is -0.410. The molecule has 3 aromatic rings. The molecule has 7 heteroatoms. The molecule has 4 rings (SSSR count). The van der Waals surface area contributed by atoms with Gasteiger partial charge in [-0.1, -0.05) is 12.1 Å². The number of aryl methyl sites for hydroxylation is 3. The van der Waals surface area contributed by atoms with Gasteiger partial charge in [0.25, 0.3) is 5.56 Å². The normalized spacial score (nSPS) is 13.5. The largest absolute Gasteiger partial charge is 0.341 e. The van der Waals surface area contributed by atoms with E-state index < -0.39 is 0 Å². The van der Waals surface area contributed by atoms with Gasteiger partial charge in [-0.15, -0.1) is 11.3 Å². The quantitative estimate of drug-likeness (QED) is 0.660. The van der Waals surface area contributed by atoms with Gasteiger partial charge >= 0.3 is 0 Å². The highest BCUT2D eigenvalue weighted by atomic mass is 32.1. The molecule has 0 aliphatic heterocycles. The molecule has 0 unspecified atom stereocenters. The molecule has 146 valence electrons. The minimum atomic E-state index is -0.316. The maximum atomic E-state index is 13.3. The van der Waals surface area contributed by atoms with Gasteiger partial charge in [-0.05, 0) is 48.9 Å². The maximum absolute atomic E-state index is 13.3. The van der Waals surface area contributed by atoms with Crippen molar-refractivity contribution >= 4 is 27.5 Å². The second-order valence-electron chi connectivity index (χ2n) is 7.26. The summed E-state index contributed by atoms with van der Waals surface area (Å²) in [4.78, 5) is 33.5. The van der Waals surface area contributed by atoms with Crippen LogP contribution in [0.25, 0.3) is 10.2 Å². The fourth-order valence-corrected chi connectivity index (χ4v) is 4.96. The van der Waals surface area contributed by atoms with Crippen LogP contribution in [0.15, 0.2) is 35.4 Å². The number of benzene rings is 1. The molecule has 2 heterocycles. The van der Waals surface area contributed by atoms with Gasteiger partial charge in [0.2, 0.25) is 5.91 Å². The lowest BCUT2D eigenvalue weighted by Crippen LogP contribution is -2.29. The number of halogens is 1. The minimum absolute atomic E-state index is 0.0509. The highest BCUT2D eigenvalue weighted by Gasteiger charge is 2.20. The summed E-state index contributed by atoms with van der Waals surface area (Å²) in [5.41, 5.74) is 1.85. The van der Waals surface area contributed by atoms with Crippen molar-refractivity contribution in [3.8, 4) is 0 Å². The standard InChI is InChI=1S/C21H22FN3O2S/c1-24(12-14-5-4-6-15(22)11-14)18(26)9-10-25-13-23-20-19(21(25)27)16-7-2-3-8-17(16)28-20/h4-6,11,13H,2-3,7-10,12H2,1H3. The van der Waals surface area contributed by atoms with Gasteiger partial charge in [0.15, 0.2) is 0 Å². The van der Waals surface area contributed by atoms with Crippen LogP contribution in [0.5, 0.6) is 0 Å². The number of carbonyl (C=O) groups is 1. The molecule has 1 aliphatic carbocycles. The highest BCUT2D eigenvalue weighted by Crippen LogP contribution is 2.33. The van der Waals surface area contributed by atoms with Crippen molar-refractivity contribution in [2.45, 2.75) is 45.2 Å². The lowest BCUT2D eigenvalue weighted by atomic mass is 9.97. The van der Waals surface area contributed by atoms with E-state index in [0.29, 0.717) is 13.1 Å². The van der Waals surface area contributed by atoms with E-state index in [4.69, 9.17) is 0 Å². The molecule has 0 fully saturated rings. The average molecular weight is 399 g/mol. The van der Waals surface area contributed by atoms with Crippen LogP contribution in [0.1, 0.15) is 35.3 Å².